The van der Waals surface area contributed by atoms with Gasteiger partial charge in [-0.3, -0.25) is 14.2 Å². The number of aryl methyl sites for hydroxylation is 1. The second-order valence-corrected chi connectivity index (χ2v) is 13.4. The van der Waals surface area contributed by atoms with Crippen LogP contribution in [0.15, 0.2) is 94.7 Å². The Morgan fingerprint density at radius 3 is 2.18 bits per heavy atom. The maximum Gasteiger partial charge on any atom is 0.264 e. The summed E-state index contributed by atoms with van der Waals surface area (Å²) >= 11 is 0. The third kappa shape index (κ3) is 7.36. The summed E-state index contributed by atoms with van der Waals surface area (Å²) in [6.45, 7) is 3.25. The Labute approximate surface area is 261 Å². The lowest BCUT2D eigenvalue weighted by atomic mass is 10.1. The zero-order valence-corrected chi connectivity index (χ0v) is 26.0. The first-order chi connectivity index (χ1) is 21.5. The van der Waals surface area contributed by atoms with Crippen molar-refractivity contribution in [2.45, 2.75) is 16.7 Å². The van der Waals surface area contributed by atoms with Gasteiger partial charge in [-0.05, 0) is 85.3 Å². The summed E-state index contributed by atoms with van der Waals surface area (Å²) in [5, 5.41) is 2.69. The molecule has 3 N–H and O–H groups in total. The molecule has 1 aliphatic heterocycles. The fourth-order valence-electron chi connectivity index (χ4n) is 4.82. The highest BCUT2D eigenvalue weighted by Gasteiger charge is 2.26. The molecular formula is C31H31FN4O7S2. The van der Waals surface area contributed by atoms with E-state index < -0.39 is 31.8 Å². The van der Waals surface area contributed by atoms with Crippen LogP contribution in [0.2, 0.25) is 0 Å². The maximum absolute atomic E-state index is 13.7. The number of sulfonamides is 2. The Balaban J connectivity index is 1.45. The van der Waals surface area contributed by atoms with Crippen LogP contribution in [0, 0.1) is 12.7 Å². The van der Waals surface area contributed by atoms with E-state index in [0.29, 0.717) is 43.4 Å². The van der Waals surface area contributed by atoms with Crippen LogP contribution in [0.25, 0.3) is 0 Å². The summed E-state index contributed by atoms with van der Waals surface area (Å²) in [6, 6.07) is 20.2. The van der Waals surface area contributed by atoms with Crippen LogP contribution >= 0.6 is 0 Å². The normalized spacial score (nSPS) is 13.6. The van der Waals surface area contributed by atoms with E-state index in [1.807, 2.05) is 4.90 Å². The number of nitrogens with one attached hydrogen (secondary N) is 3. The number of methoxy groups -OCH3 is 1. The van der Waals surface area contributed by atoms with E-state index >= 15 is 0 Å². The molecule has 11 nitrogen and oxygen atoms in total. The Kier molecular flexibility index (Phi) is 9.27. The van der Waals surface area contributed by atoms with Crippen molar-refractivity contribution in [1.29, 1.82) is 0 Å². The van der Waals surface area contributed by atoms with Gasteiger partial charge in [0.1, 0.15) is 16.5 Å². The third-order valence-electron chi connectivity index (χ3n) is 7.04. The molecular weight excluding hydrogens is 623 g/mol. The summed E-state index contributed by atoms with van der Waals surface area (Å²) < 4.78 is 82.9. The predicted molar refractivity (Wildman–Crippen MR) is 170 cm³/mol. The van der Waals surface area contributed by atoms with Crippen LogP contribution in [0.1, 0.15) is 15.9 Å². The van der Waals surface area contributed by atoms with Gasteiger partial charge in [0.2, 0.25) is 0 Å². The van der Waals surface area contributed by atoms with Gasteiger partial charge in [-0.1, -0.05) is 12.1 Å². The molecule has 1 aliphatic rings. The molecule has 0 unspecified atom stereocenters. The minimum atomic E-state index is -4.18. The van der Waals surface area contributed by atoms with Crippen LogP contribution in [0.3, 0.4) is 0 Å². The number of carbonyl (C=O) groups excluding carboxylic acids is 1. The Morgan fingerprint density at radius 2 is 1.49 bits per heavy atom. The standard InChI is InChI=1S/C31H31FN4O7S2/c1-21-19-22(32)7-14-29(21)44(38,39)35-27-6-4-3-5-26(27)31(37)33-24-10-13-28(36-15-17-43-18-16-36)30(20-24)45(40,41)34-23-8-11-25(42-2)12-9-23/h3-14,19-20,34-35H,15-18H2,1-2H3,(H,33,37). The first kappa shape index (κ1) is 31.8. The minimum absolute atomic E-state index is 0.0149. The molecule has 1 heterocycles. The number of amides is 1. The topological polar surface area (TPSA) is 143 Å². The lowest BCUT2D eigenvalue weighted by molar-refractivity contribution is 0.102. The van der Waals surface area contributed by atoms with Crippen molar-refractivity contribution in [2.24, 2.45) is 0 Å². The van der Waals surface area contributed by atoms with E-state index in [4.69, 9.17) is 9.47 Å². The molecule has 236 valence electrons. The Hall–Kier alpha value is -4.66. The average molecular weight is 655 g/mol. The molecule has 4 aromatic carbocycles. The van der Waals surface area contributed by atoms with Crippen molar-refractivity contribution in [3.63, 3.8) is 0 Å². The first-order valence-electron chi connectivity index (χ1n) is 13.8. The number of benzene rings is 4. The largest absolute Gasteiger partial charge is 0.497 e. The van der Waals surface area contributed by atoms with Crippen LogP contribution in [0.5, 0.6) is 5.75 Å². The van der Waals surface area contributed by atoms with Crippen molar-refractivity contribution in [3.05, 3.63) is 102 Å². The van der Waals surface area contributed by atoms with E-state index in [9.17, 15) is 26.0 Å². The van der Waals surface area contributed by atoms with E-state index in [1.54, 1.807) is 48.5 Å². The van der Waals surface area contributed by atoms with Crippen LogP contribution in [-0.4, -0.2) is 56.2 Å². The van der Waals surface area contributed by atoms with E-state index in [-0.39, 0.29) is 32.3 Å². The average Bonchev–Trinajstić information content (AvgIpc) is 3.01. The van der Waals surface area contributed by atoms with Gasteiger partial charge in [0.25, 0.3) is 26.0 Å². The number of para-hydroxylation sites is 1. The second-order valence-electron chi connectivity index (χ2n) is 10.1. The van der Waals surface area contributed by atoms with Crippen LogP contribution in [-0.2, 0) is 24.8 Å². The molecule has 0 aliphatic carbocycles. The third-order valence-corrected chi connectivity index (χ3v) is 9.98. The highest BCUT2D eigenvalue weighted by Crippen LogP contribution is 2.32. The number of morpholine rings is 1. The molecule has 45 heavy (non-hydrogen) atoms. The second kappa shape index (κ2) is 13.1. The summed E-state index contributed by atoms with van der Waals surface area (Å²) in [6.07, 6.45) is 0. The van der Waals surface area contributed by atoms with Crippen molar-refractivity contribution >= 4 is 48.7 Å². The van der Waals surface area contributed by atoms with Gasteiger partial charge >= 0.3 is 0 Å². The highest BCUT2D eigenvalue weighted by atomic mass is 32.2. The quantitative estimate of drug-likeness (QED) is 0.221. The predicted octanol–water partition coefficient (Wildman–Crippen LogP) is 4.83. The zero-order chi connectivity index (χ0) is 32.2. The number of carbonyl (C=O) groups is 1. The molecule has 1 amide bonds. The molecule has 0 bridgehead atoms. The molecule has 14 heteroatoms. The van der Waals surface area contributed by atoms with Crippen molar-refractivity contribution in [3.8, 4) is 5.75 Å². The number of halogens is 1. The van der Waals surface area contributed by atoms with Gasteiger partial charge < -0.3 is 19.7 Å². The molecule has 0 saturated carbocycles. The van der Waals surface area contributed by atoms with Gasteiger partial charge in [-0.25, -0.2) is 21.2 Å². The Morgan fingerprint density at radius 1 is 0.822 bits per heavy atom. The zero-order valence-electron chi connectivity index (χ0n) is 24.4. The summed E-state index contributed by atoms with van der Waals surface area (Å²) in [4.78, 5) is 15.1. The van der Waals surface area contributed by atoms with Gasteiger partial charge in [0, 0.05) is 24.5 Å². The van der Waals surface area contributed by atoms with Gasteiger partial charge in [0.05, 0.1) is 42.2 Å². The first-order valence-corrected chi connectivity index (χ1v) is 16.8. The van der Waals surface area contributed by atoms with Crippen LogP contribution < -0.4 is 24.4 Å². The monoisotopic (exact) mass is 654 g/mol. The molecule has 5 rings (SSSR count). The van der Waals surface area contributed by atoms with E-state index in [0.717, 1.165) is 18.2 Å². The fraction of sp³-hybridized carbons (Fsp3) is 0.194. The summed E-state index contributed by atoms with van der Waals surface area (Å²) in [5.74, 6) is -0.701. The summed E-state index contributed by atoms with van der Waals surface area (Å²) in [7, 11) is -6.82. The maximum atomic E-state index is 13.7. The lowest BCUT2D eigenvalue weighted by Crippen LogP contribution is -2.37. The number of hydrogen-bond donors (Lipinski definition) is 3. The van der Waals surface area contributed by atoms with Crippen LogP contribution in [0.4, 0.5) is 27.1 Å². The van der Waals surface area contributed by atoms with Gasteiger partial charge in [0.15, 0.2) is 0 Å². The number of hydrogen-bond acceptors (Lipinski definition) is 8. The molecule has 0 spiro atoms. The molecule has 0 radical (unpaired) electrons. The lowest BCUT2D eigenvalue weighted by Gasteiger charge is -2.30. The smallest absolute Gasteiger partial charge is 0.264 e. The fourth-order valence-corrected chi connectivity index (χ4v) is 7.44. The SMILES string of the molecule is COc1ccc(NS(=O)(=O)c2cc(NC(=O)c3ccccc3NS(=O)(=O)c3ccc(F)cc3C)ccc2N2CCOCC2)cc1. The van der Waals surface area contributed by atoms with Gasteiger partial charge in [-0.2, -0.15) is 0 Å². The van der Waals surface area contributed by atoms with Gasteiger partial charge in [-0.15, -0.1) is 0 Å². The molecule has 0 aromatic heterocycles. The molecule has 1 saturated heterocycles. The molecule has 0 atom stereocenters. The van der Waals surface area contributed by atoms with E-state index in [2.05, 4.69) is 14.8 Å². The highest BCUT2D eigenvalue weighted by molar-refractivity contribution is 7.93. The van der Waals surface area contributed by atoms with Crippen molar-refractivity contribution < 1.29 is 35.5 Å². The number of ether oxygens (including phenoxy) is 2. The molecule has 4 aromatic rings. The number of rotatable bonds is 10. The minimum Gasteiger partial charge on any atom is -0.497 e. The summed E-state index contributed by atoms with van der Waals surface area (Å²) in [5.41, 5.74) is 1.08. The number of nitrogens with zero attached hydrogens (tertiary/aromatic N) is 1. The Bertz CT molecular complexity index is 1930. The van der Waals surface area contributed by atoms with E-state index in [1.165, 1.54) is 32.2 Å². The number of anilines is 4. The van der Waals surface area contributed by atoms with Crippen molar-refractivity contribution in [1.82, 2.24) is 0 Å². The molecule has 1 fully saturated rings. The van der Waals surface area contributed by atoms with Crippen molar-refractivity contribution in [2.75, 3.05) is 53.1 Å².